The second-order valence-electron chi connectivity index (χ2n) is 4.90. The zero-order valence-corrected chi connectivity index (χ0v) is 10.9. The van der Waals surface area contributed by atoms with Crippen molar-refractivity contribution in [3.05, 3.63) is 12.1 Å². The molecule has 0 radical (unpaired) electrons. The molecule has 1 aromatic carbocycles. The van der Waals surface area contributed by atoms with E-state index in [1.54, 1.807) is 6.07 Å². The molecule has 104 valence electrons. The third kappa shape index (κ3) is 2.87. The average Bonchev–Trinajstić information content (AvgIpc) is 2.46. The van der Waals surface area contributed by atoms with Crippen LogP contribution in [0.25, 0.3) is 0 Å². The van der Waals surface area contributed by atoms with Crippen molar-refractivity contribution < 1.29 is 18.9 Å². The fourth-order valence-corrected chi connectivity index (χ4v) is 2.33. The summed E-state index contributed by atoms with van der Waals surface area (Å²) in [6.07, 6.45) is 2.09. The number of nitrogens with two attached hydrogens (primary N) is 1. The summed E-state index contributed by atoms with van der Waals surface area (Å²) in [5, 5.41) is 0. The van der Waals surface area contributed by atoms with Gasteiger partial charge < -0.3 is 24.7 Å². The molecule has 1 fully saturated rings. The van der Waals surface area contributed by atoms with Crippen LogP contribution in [0.4, 0.5) is 5.69 Å². The van der Waals surface area contributed by atoms with Crippen molar-refractivity contribution in [3.8, 4) is 17.2 Å². The van der Waals surface area contributed by atoms with Crippen LogP contribution in [-0.4, -0.2) is 33.0 Å². The van der Waals surface area contributed by atoms with Gasteiger partial charge in [-0.15, -0.1) is 0 Å². The minimum absolute atomic E-state index is 0.543. The van der Waals surface area contributed by atoms with E-state index in [0.29, 0.717) is 48.7 Å². The molecule has 0 spiro atoms. The van der Waals surface area contributed by atoms with Crippen LogP contribution in [0.1, 0.15) is 12.8 Å². The number of hydrogen-bond acceptors (Lipinski definition) is 5. The first-order valence-electron chi connectivity index (χ1n) is 6.72. The number of nitrogen functional groups attached to an aromatic ring is 1. The highest BCUT2D eigenvalue weighted by atomic mass is 16.6. The summed E-state index contributed by atoms with van der Waals surface area (Å²) in [5.41, 5.74) is 6.57. The van der Waals surface area contributed by atoms with Gasteiger partial charge >= 0.3 is 0 Å². The smallest absolute Gasteiger partial charge is 0.165 e. The van der Waals surface area contributed by atoms with Crippen molar-refractivity contribution in [1.29, 1.82) is 0 Å². The van der Waals surface area contributed by atoms with Crippen molar-refractivity contribution in [2.75, 3.05) is 38.8 Å². The van der Waals surface area contributed by atoms with Gasteiger partial charge in [-0.1, -0.05) is 0 Å². The molecule has 0 amide bonds. The van der Waals surface area contributed by atoms with Crippen LogP contribution in [0, 0.1) is 5.92 Å². The SMILES string of the molecule is Nc1cc2c(cc1OCC1CCOCC1)OCCO2. The Morgan fingerprint density at radius 2 is 1.74 bits per heavy atom. The standard InChI is InChI=1S/C14H19NO4/c15-11-7-13-14(18-6-5-17-13)8-12(11)19-9-10-1-3-16-4-2-10/h7-8,10H,1-6,9,15H2. The van der Waals surface area contributed by atoms with E-state index < -0.39 is 0 Å². The molecule has 0 aromatic heterocycles. The van der Waals surface area contributed by atoms with Crippen LogP contribution in [0.2, 0.25) is 0 Å². The fraction of sp³-hybridized carbons (Fsp3) is 0.571. The molecule has 1 saturated heterocycles. The number of fused-ring (bicyclic) bond motifs is 1. The summed E-state index contributed by atoms with van der Waals surface area (Å²) >= 11 is 0. The highest BCUT2D eigenvalue weighted by Crippen LogP contribution is 2.38. The van der Waals surface area contributed by atoms with E-state index in [9.17, 15) is 0 Å². The summed E-state index contributed by atoms with van der Waals surface area (Å²) in [6, 6.07) is 3.59. The van der Waals surface area contributed by atoms with Crippen LogP contribution in [-0.2, 0) is 4.74 Å². The molecule has 5 heteroatoms. The van der Waals surface area contributed by atoms with Crippen molar-refractivity contribution in [1.82, 2.24) is 0 Å². The topological polar surface area (TPSA) is 62.9 Å². The lowest BCUT2D eigenvalue weighted by Crippen LogP contribution is -2.22. The molecule has 0 saturated carbocycles. The zero-order chi connectivity index (χ0) is 13.1. The maximum Gasteiger partial charge on any atom is 0.165 e. The van der Waals surface area contributed by atoms with Crippen molar-refractivity contribution in [2.45, 2.75) is 12.8 Å². The van der Waals surface area contributed by atoms with Crippen molar-refractivity contribution >= 4 is 5.69 Å². The molecule has 1 aromatic rings. The van der Waals surface area contributed by atoms with E-state index in [2.05, 4.69) is 0 Å². The molecule has 2 N–H and O–H groups in total. The van der Waals surface area contributed by atoms with E-state index >= 15 is 0 Å². The maximum atomic E-state index is 5.97. The first-order chi connectivity index (χ1) is 9.33. The van der Waals surface area contributed by atoms with E-state index in [-0.39, 0.29) is 0 Å². The lowest BCUT2D eigenvalue weighted by molar-refractivity contribution is 0.0498. The number of benzene rings is 1. The minimum atomic E-state index is 0.543. The van der Waals surface area contributed by atoms with Gasteiger partial charge in [-0.05, 0) is 18.8 Å². The molecular formula is C14H19NO4. The fourth-order valence-electron chi connectivity index (χ4n) is 2.33. The Bertz CT molecular complexity index is 443. The Morgan fingerprint density at radius 1 is 1.05 bits per heavy atom. The highest BCUT2D eigenvalue weighted by Gasteiger charge is 2.18. The Labute approximate surface area is 112 Å². The van der Waals surface area contributed by atoms with Gasteiger partial charge in [0.1, 0.15) is 19.0 Å². The second kappa shape index (κ2) is 5.57. The quantitative estimate of drug-likeness (QED) is 0.845. The monoisotopic (exact) mass is 265 g/mol. The molecule has 3 rings (SSSR count). The first-order valence-corrected chi connectivity index (χ1v) is 6.72. The minimum Gasteiger partial charge on any atom is -0.491 e. The van der Waals surface area contributed by atoms with E-state index in [1.807, 2.05) is 6.07 Å². The number of ether oxygens (including phenoxy) is 4. The van der Waals surface area contributed by atoms with Crippen LogP contribution < -0.4 is 19.9 Å². The summed E-state index contributed by atoms with van der Waals surface area (Å²) in [7, 11) is 0. The largest absolute Gasteiger partial charge is 0.491 e. The van der Waals surface area contributed by atoms with Gasteiger partial charge in [0.05, 0.1) is 12.3 Å². The van der Waals surface area contributed by atoms with E-state index in [0.717, 1.165) is 26.1 Å². The molecule has 2 aliphatic heterocycles. The predicted molar refractivity (Wildman–Crippen MR) is 70.9 cm³/mol. The third-order valence-electron chi connectivity index (χ3n) is 3.49. The van der Waals surface area contributed by atoms with Crippen molar-refractivity contribution in [2.24, 2.45) is 5.92 Å². The normalized spacial score (nSPS) is 19.2. The molecule has 0 bridgehead atoms. The average molecular weight is 265 g/mol. The van der Waals surface area contributed by atoms with Gasteiger partial charge in [0, 0.05) is 25.3 Å². The van der Waals surface area contributed by atoms with E-state index in [4.69, 9.17) is 24.7 Å². The molecule has 2 aliphatic rings. The number of rotatable bonds is 3. The zero-order valence-electron chi connectivity index (χ0n) is 10.9. The Morgan fingerprint density at radius 3 is 2.47 bits per heavy atom. The Kier molecular flexibility index (Phi) is 3.64. The third-order valence-corrected chi connectivity index (χ3v) is 3.49. The summed E-state index contributed by atoms with van der Waals surface area (Å²) in [4.78, 5) is 0. The predicted octanol–water partition coefficient (Wildman–Crippen LogP) is 1.85. The highest BCUT2D eigenvalue weighted by molar-refractivity contribution is 5.62. The molecule has 0 unspecified atom stereocenters. The van der Waals surface area contributed by atoms with Crippen LogP contribution in [0.3, 0.4) is 0 Å². The van der Waals surface area contributed by atoms with E-state index in [1.165, 1.54) is 0 Å². The van der Waals surface area contributed by atoms with Gasteiger partial charge in [-0.25, -0.2) is 0 Å². The maximum absolute atomic E-state index is 5.97. The van der Waals surface area contributed by atoms with Crippen LogP contribution in [0.15, 0.2) is 12.1 Å². The van der Waals surface area contributed by atoms with Gasteiger partial charge in [0.25, 0.3) is 0 Å². The second-order valence-corrected chi connectivity index (χ2v) is 4.90. The summed E-state index contributed by atoms with van der Waals surface area (Å²) < 4.78 is 22.2. The van der Waals surface area contributed by atoms with Gasteiger partial charge in [0.15, 0.2) is 11.5 Å². The number of anilines is 1. The van der Waals surface area contributed by atoms with Gasteiger partial charge in [0.2, 0.25) is 0 Å². The first kappa shape index (κ1) is 12.4. The molecule has 0 atom stereocenters. The van der Waals surface area contributed by atoms with Crippen LogP contribution in [0.5, 0.6) is 17.2 Å². The molecule has 5 nitrogen and oxygen atoms in total. The van der Waals surface area contributed by atoms with Crippen molar-refractivity contribution in [3.63, 3.8) is 0 Å². The molecule has 2 heterocycles. The Balaban J connectivity index is 1.66. The molecule has 19 heavy (non-hydrogen) atoms. The van der Waals surface area contributed by atoms with Crippen LogP contribution >= 0.6 is 0 Å². The number of hydrogen-bond donors (Lipinski definition) is 1. The van der Waals surface area contributed by atoms with Gasteiger partial charge in [-0.2, -0.15) is 0 Å². The summed E-state index contributed by atoms with van der Waals surface area (Å²) in [6.45, 7) is 3.45. The molecule has 0 aliphatic carbocycles. The van der Waals surface area contributed by atoms with Gasteiger partial charge in [-0.3, -0.25) is 0 Å². The lowest BCUT2D eigenvalue weighted by Gasteiger charge is -2.24. The summed E-state index contributed by atoms with van der Waals surface area (Å²) in [5.74, 6) is 2.63. The lowest BCUT2D eigenvalue weighted by atomic mass is 10.0. The molecular weight excluding hydrogens is 246 g/mol. The Hall–Kier alpha value is -1.62.